The standard InChI is InChI=1S/C23H17Cl2NO.ClH/c1-2-27-17-10-7-15(8-11-17)23-14-19(18-5-3-4-6-21(18)25)20-13-16(24)9-12-22(20)26-23;/h3-14H,2H2,1H3;1H/p-1. The molecule has 1 aromatic heterocycles. The molecule has 0 atom stereocenters. The van der Waals surface area contributed by atoms with Gasteiger partial charge in [-0.3, -0.25) is 0 Å². The van der Waals surface area contributed by atoms with Gasteiger partial charge in [-0.15, -0.1) is 0 Å². The number of hydrogen-bond donors (Lipinski definition) is 0. The van der Waals surface area contributed by atoms with Gasteiger partial charge in [0.05, 0.1) is 17.8 Å². The lowest BCUT2D eigenvalue weighted by Crippen LogP contribution is -3.00. The van der Waals surface area contributed by atoms with Crippen molar-refractivity contribution < 1.29 is 17.1 Å². The molecule has 4 rings (SSSR count). The van der Waals surface area contributed by atoms with E-state index in [0.29, 0.717) is 16.7 Å². The molecule has 0 aliphatic heterocycles. The summed E-state index contributed by atoms with van der Waals surface area (Å²) in [6, 6.07) is 23.6. The number of ether oxygens (including phenoxy) is 1. The zero-order valence-corrected chi connectivity index (χ0v) is 17.4. The fourth-order valence-corrected chi connectivity index (χ4v) is 3.55. The van der Waals surface area contributed by atoms with E-state index in [1.54, 1.807) is 0 Å². The first-order valence-electron chi connectivity index (χ1n) is 8.74. The average molecular weight is 430 g/mol. The lowest BCUT2D eigenvalue weighted by atomic mass is 9.98. The van der Waals surface area contributed by atoms with Crippen molar-refractivity contribution in [2.45, 2.75) is 6.92 Å². The highest BCUT2D eigenvalue weighted by Gasteiger charge is 2.12. The Labute approximate surface area is 180 Å². The van der Waals surface area contributed by atoms with Crippen LogP contribution in [-0.2, 0) is 0 Å². The maximum Gasteiger partial charge on any atom is 0.119 e. The van der Waals surface area contributed by atoms with Crippen LogP contribution in [0.2, 0.25) is 10.0 Å². The highest BCUT2D eigenvalue weighted by molar-refractivity contribution is 6.34. The third-order valence-corrected chi connectivity index (χ3v) is 4.96. The summed E-state index contributed by atoms with van der Waals surface area (Å²) in [5.74, 6) is 0.847. The molecular weight excluding hydrogens is 413 g/mol. The molecule has 0 saturated heterocycles. The Balaban J connectivity index is 0.00000225. The number of rotatable bonds is 4. The summed E-state index contributed by atoms with van der Waals surface area (Å²) in [4.78, 5) is 4.84. The summed E-state index contributed by atoms with van der Waals surface area (Å²) < 4.78 is 5.54. The number of benzene rings is 3. The number of pyridine rings is 1. The monoisotopic (exact) mass is 428 g/mol. The van der Waals surface area contributed by atoms with Crippen molar-refractivity contribution in [3.63, 3.8) is 0 Å². The predicted octanol–water partition coefficient (Wildman–Crippen LogP) is 4.28. The molecule has 0 N–H and O–H groups in total. The van der Waals surface area contributed by atoms with Gasteiger partial charge in [-0.1, -0.05) is 41.4 Å². The molecule has 2 nitrogen and oxygen atoms in total. The maximum absolute atomic E-state index is 6.48. The number of fused-ring (bicyclic) bond motifs is 1. The molecule has 0 unspecified atom stereocenters. The quantitative estimate of drug-likeness (QED) is 0.483. The highest BCUT2D eigenvalue weighted by atomic mass is 35.5. The first kappa shape index (κ1) is 20.5. The topological polar surface area (TPSA) is 22.1 Å². The van der Waals surface area contributed by atoms with E-state index >= 15 is 0 Å². The molecule has 3 aromatic carbocycles. The Kier molecular flexibility index (Phi) is 6.46. The van der Waals surface area contributed by atoms with Gasteiger partial charge in [-0.25, -0.2) is 4.98 Å². The van der Waals surface area contributed by atoms with Crippen molar-refractivity contribution in [1.82, 2.24) is 4.98 Å². The highest BCUT2D eigenvalue weighted by Crippen LogP contribution is 2.36. The van der Waals surface area contributed by atoms with Gasteiger partial charge in [0.1, 0.15) is 5.75 Å². The Morgan fingerprint density at radius 1 is 0.857 bits per heavy atom. The second-order valence-electron chi connectivity index (χ2n) is 6.15. The number of hydrogen-bond acceptors (Lipinski definition) is 2. The second kappa shape index (κ2) is 8.83. The zero-order chi connectivity index (χ0) is 18.8. The molecule has 0 radical (unpaired) electrons. The van der Waals surface area contributed by atoms with Gasteiger partial charge < -0.3 is 17.1 Å². The van der Waals surface area contributed by atoms with Crippen molar-refractivity contribution in [3.8, 4) is 28.1 Å². The third-order valence-electron chi connectivity index (χ3n) is 4.40. The number of nitrogens with zero attached hydrogens (tertiary/aromatic N) is 1. The largest absolute Gasteiger partial charge is 1.00 e. The van der Waals surface area contributed by atoms with Crippen LogP contribution >= 0.6 is 23.2 Å². The van der Waals surface area contributed by atoms with E-state index < -0.39 is 0 Å². The van der Waals surface area contributed by atoms with Gasteiger partial charge in [0.25, 0.3) is 0 Å². The van der Waals surface area contributed by atoms with E-state index in [9.17, 15) is 0 Å². The van der Waals surface area contributed by atoms with Crippen molar-refractivity contribution >= 4 is 34.1 Å². The minimum atomic E-state index is 0. The first-order valence-corrected chi connectivity index (χ1v) is 9.50. The fourth-order valence-electron chi connectivity index (χ4n) is 3.14. The molecule has 142 valence electrons. The van der Waals surface area contributed by atoms with Crippen LogP contribution in [0.1, 0.15) is 6.92 Å². The first-order chi connectivity index (χ1) is 13.2. The second-order valence-corrected chi connectivity index (χ2v) is 7.00. The Morgan fingerprint density at radius 3 is 2.32 bits per heavy atom. The van der Waals surface area contributed by atoms with E-state index in [2.05, 4.69) is 6.07 Å². The maximum atomic E-state index is 6.48. The summed E-state index contributed by atoms with van der Waals surface area (Å²) in [6.07, 6.45) is 0. The fraction of sp³-hybridized carbons (Fsp3) is 0.0870. The summed E-state index contributed by atoms with van der Waals surface area (Å²) in [5.41, 5.74) is 4.74. The lowest BCUT2D eigenvalue weighted by Gasteiger charge is -2.12. The van der Waals surface area contributed by atoms with E-state index in [4.69, 9.17) is 32.9 Å². The minimum Gasteiger partial charge on any atom is -1.00 e. The normalized spacial score (nSPS) is 10.5. The molecule has 0 bridgehead atoms. The SMILES string of the molecule is CCOc1ccc(-c2cc(-c3ccccc3Cl)c3cc(Cl)ccc3n2)cc1.[Cl-]. The van der Waals surface area contributed by atoms with E-state index in [0.717, 1.165) is 39.0 Å². The number of halogens is 3. The number of aromatic nitrogens is 1. The average Bonchev–Trinajstić information content (AvgIpc) is 2.69. The molecule has 1 heterocycles. The van der Waals surface area contributed by atoms with Crippen molar-refractivity contribution in [3.05, 3.63) is 82.8 Å². The van der Waals surface area contributed by atoms with Crippen molar-refractivity contribution in [1.29, 1.82) is 0 Å². The smallest absolute Gasteiger partial charge is 0.119 e. The van der Waals surface area contributed by atoms with Crippen LogP contribution < -0.4 is 17.1 Å². The lowest BCUT2D eigenvalue weighted by molar-refractivity contribution is -0.00000569. The minimum absolute atomic E-state index is 0. The summed E-state index contributed by atoms with van der Waals surface area (Å²) in [6.45, 7) is 2.62. The molecule has 0 aliphatic rings. The van der Waals surface area contributed by atoms with Crippen LogP contribution in [0.3, 0.4) is 0 Å². The van der Waals surface area contributed by atoms with Crippen LogP contribution in [0.25, 0.3) is 33.3 Å². The van der Waals surface area contributed by atoms with E-state index in [1.165, 1.54) is 0 Å². The Hall–Kier alpha value is -2.26. The Bertz CT molecular complexity index is 1110. The van der Waals surface area contributed by atoms with Crippen LogP contribution in [0, 0.1) is 0 Å². The molecule has 28 heavy (non-hydrogen) atoms. The summed E-state index contributed by atoms with van der Waals surface area (Å²) in [7, 11) is 0. The van der Waals surface area contributed by atoms with Crippen LogP contribution in [0.15, 0.2) is 72.8 Å². The van der Waals surface area contributed by atoms with Gasteiger partial charge >= 0.3 is 0 Å². The molecule has 0 amide bonds. The van der Waals surface area contributed by atoms with Crippen LogP contribution in [0.5, 0.6) is 5.75 Å². The molecular formula is C23H17Cl3NO-. The van der Waals surface area contributed by atoms with Crippen molar-refractivity contribution in [2.24, 2.45) is 0 Å². The molecule has 0 spiro atoms. The van der Waals surface area contributed by atoms with Crippen molar-refractivity contribution in [2.75, 3.05) is 6.61 Å². The van der Waals surface area contributed by atoms with Gasteiger partial charge in [0.15, 0.2) is 0 Å². The van der Waals surface area contributed by atoms with Crippen LogP contribution in [0.4, 0.5) is 0 Å². The van der Waals surface area contributed by atoms with Gasteiger partial charge in [-0.05, 0) is 67.1 Å². The molecule has 5 heteroatoms. The Morgan fingerprint density at radius 2 is 1.61 bits per heavy atom. The van der Waals surface area contributed by atoms with Gasteiger partial charge in [0, 0.05) is 26.6 Å². The molecule has 0 fully saturated rings. The van der Waals surface area contributed by atoms with E-state index in [1.807, 2.05) is 73.7 Å². The van der Waals surface area contributed by atoms with Gasteiger partial charge in [-0.2, -0.15) is 0 Å². The summed E-state index contributed by atoms with van der Waals surface area (Å²) in [5, 5.41) is 2.35. The van der Waals surface area contributed by atoms with Crippen LogP contribution in [-0.4, -0.2) is 11.6 Å². The summed E-state index contributed by atoms with van der Waals surface area (Å²) >= 11 is 12.7. The molecule has 4 aromatic rings. The zero-order valence-electron chi connectivity index (χ0n) is 15.1. The molecule has 0 aliphatic carbocycles. The van der Waals surface area contributed by atoms with Gasteiger partial charge in [0.2, 0.25) is 0 Å². The third kappa shape index (κ3) is 4.10. The molecule has 0 saturated carbocycles. The van der Waals surface area contributed by atoms with E-state index in [-0.39, 0.29) is 12.4 Å². The predicted molar refractivity (Wildman–Crippen MR) is 114 cm³/mol.